The van der Waals surface area contributed by atoms with Gasteiger partial charge in [0.15, 0.2) is 11.8 Å². The Hall–Kier alpha value is -2.64. The maximum atomic E-state index is 13.3. The van der Waals surface area contributed by atoms with Gasteiger partial charge in [-0.15, -0.1) is 0 Å². The molecule has 0 atom stereocenters. The number of hydrogen-bond donors (Lipinski definition) is 6. The maximum absolute atomic E-state index is 13.3. The fraction of sp³-hybridized carbons (Fsp3) is 0.312. The number of benzene rings is 4. The average Bonchev–Trinajstić information content (AvgIpc) is 2.93. The van der Waals surface area contributed by atoms with Crippen molar-refractivity contribution in [1.29, 1.82) is 0 Å². The van der Waals surface area contributed by atoms with E-state index in [9.17, 15) is 47.5 Å². The third kappa shape index (κ3) is 8.36. The molecular weight excluding hydrogens is 714 g/mol. The van der Waals surface area contributed by atoms with Crippen LogP contribution in [0.5, 0.6) is 34.5 Å². The van der Waals surface area contributed by atoms with Crippen molar-refractivity contribution in [2.24, 2.45) is 9.98 Å². The summed E-state index contributed by atoms with van der Waals surface area (Å²) in [5.74, 6) is -7.51. The summed E-state index contributed by atoms with van der Waals surface area (Å²) in [4.78, 5) is 7.26. The largest absolute Gasteiger partial charge is 1.00 e. The van der Waals surface area contributed by atoms with Gasteiger partial charge >= 0.3 is 59.1 Å². The van der Waals surface area contributed by atoms with Gasteiger partial charge in [-0.2, -0.15) is 16.8 Å². The van der Waals surface area contributed by atoms with Crippen LogP contribution in [0.3, 0.4) is 0 Å². The van der Waals surface area contributed by atoms with Crippen LogP contribution in [0.4, 0.5) is 0 Å². The Kier molecular flexibility index (Phi) is 13.9. The van der Waals surface area contributed by atoms with E-state index in [0.29, 0.717) is 11.1 Å². The molecule has 18 heteroatoms. The molecular formula is C32H34N2Na2O12S2. The molecule has 4 rings (SSSR count). The molecule has 0 amide bonds. The number of phenolic OH excluding ortho intramolecular Hbond substituents is 4. The minimum atomic E-state index is -4.58. The van der Waals surface area contributed by atoms with Crippen LogP contribution in [0.25, 0.3) is 32.7 Å². The van der Waals surface area contributed by atoms with Crippen molar-refractivity contribution in [2.45, 2.75) is 53.4 Å². The molecule has 6 N–H and O–H groups in total. The minimum absolute atomic E-state index is 0. The fourth-order valence-corrected chi connectivity index (χ4v) is 6.55. The van der Waals surface area contributed by atoms with Crippen molar-refractivity contribution >= 4 is 54.2 Å². The van der Waals surface area contributed by atoms with Gasteiger partial charge in [0, 0.05) is 45.5 Å². The Morgan fingerprint density at radius 3 is 1.20 bits per heavy atom. The summed E-state index contributed by atoms with van der Waals surface area (Å²) < 4.78 is 63.6. The quantitative estimate of drug-likeness (QED) is 0.0619. The van der Waals surface area contributed by atoms with E-state index in [1.807, 2.05) is 0 Å². The Labute approximate surface area is 333 Å². The van der Waals surface area contributed by atoms with Crippen molar-refractivity contribution < 1.29 is 116 Å². The molecule has 0 saturated heterocycles. The number of nitrogens with zero attached hydrogens (tertiary/aromatic N) is 2. The van der Waals surface area contributed by atoms with Gasteiger partial charge in [0.1, 0.15) is 23.0 Å². The molecule has 0 saturated carbocycles. The summed E-state index contributed by atoms with van der Waals surface area (Å²) in [5, 5.41) is 72.5. The van der Waals surface area contributed by atoms with Crippen molar-refractivity contribution in [3.63, 3.8) is 0 Å². The normalized spacial score (nSPS) is 12.4. The zero-order chi connectivity index (χ0) is 36.2. The van der Waals surface area contributed by atoms with Crippen LogP contribution in [0.15, 0.2) is 22.1 Å². The minimum Gasteiger partial charge on any atom is -0.870 e. The predicted molar refractivity (Wildman–Crippen MR) is 178 cm³/mol. The molecule has 0 unspecified atom stereocenters. The summed E-state index contributed by atoms with van der Waals surface area (Å²) in [5.41, 5.74) is 0.212. The molecule has 4 aromatic carbocycles. The molecule has 0 bridgehead atoms. The Balaban J connectivity index is 0.00000433. The second-order valence-electron chi connectivity index (χ2n) is 12.0. The number of fused-ring (bicyclic) bond motifs is 2. The van der Waals surface area contributed by atoms with Gasteiger partial charge in [0.25, 0.3) is 20.2 Å². The first-order valence-electron chi connectivity index (χ1n) is 14.4. The van der Waals surface area contributed by atoms with Gasteiger partial charge in [0.05, 0.1) is 0 Å². The fourth-order valence-electron chi connectivity index (χ4n) is 6.03. The molecule has 4 aromatic rings. The molecule has 0 aromatic heterocycles. The van der Waals surface area contributed by atoms with Gasteiger partial charge in [0.2, 0.25) is 0 Å². The van der Waals surface area contributed by atoms with Crippen LogP contribution in [-0.4, -0.2) is 70.5 Å². The Morgan fingerprint density at radius 1 is 0.640 bits per heavy atom. The summed E-state index contributed by atoms with van der Waals surface area (Å²) in [6.07, 6.45) is 1.66. The zero-order valence-electron chi connectivity index (χ0n) is 28.7. The van der Waals surface area contributed by atoms with Crippen LogP contribution in [0.2, 0.25) is 0 Å². The van der Waals surface area contributed by atoms with Crippen LogP contribution < -0.4 is 69.3 Å². The van der Waals surface area contributed by atoms with E-state index in [-0.39, 0.29) is 114 Å². The number of aliphatic imine (C=N–C) groups is 2. The smallest absolute Gasteiger partial charge is 0.870 e. The molecule has 0 heterocycles. The van der Waals surface area contributed by atoms with E-state index < -0.39 is 78.3 Å². The second-order valence-corrected chi connectivity index (χ2v) is 14.9. The number of rotatable bonds is 9. The third-order valence-corrected chi connectivity index (χ3v) is 8.82. The number of phenols is 4. The van der Waals surface area contributed by atoms with Crippen LogP contribution in [0, 0.1) is 13.8 Å². The summed E-state index contributed by atoms with van der Waals surface area (Å²) in [6, 6.07) is 3.08. The molecule has 14 nitrogen and oxygen atoms in total. The standard InChI is InChI=1S/C32H36N2O12S2.2Na/c1-13(2)21-17-7-15(5)23(29(37)25(17)19(27(35)31(21)39)9-33-11-47(41,42)43)24-16(6)8-18-22(14(3)4)32(40)28(36)20(26(18)30(24)38)10-34-12-48(44,45)46;;/h7-10,13-14,35-40H,11-12H2,1-6H3,(H,41,42,43)(H,44,45,46);;/q;2*+1/p-2. The molecule has 0 aliphatic rings. The van der Waals surface area contributed by atoms with Gasteiger partial charge < -0.3 is 30.6 Å². The van der Waals surface area contributed by atoms with Crippen molar-refractivity contribution in [3.05, 3.63) is 45.5 Å². The van der Waals surface area contributed by atoms with Crippen molar-refractivity contribution in [3.8, 4) is 45.6 Å². The summed E-state index contributed by atoms with van der Waals surface area (Å²) in [6.45, 7) is 9.92. The molecule has 258 valence electrons. The first-order valence-corrected chi connectivity index (χ1v) is 17.6. The molecule has 0 radical (unpaired) electrons. The Morgan fingerprint density at radius 2 is 0.940 bits per heavy atom. The summed E-state index contributed by atoms with van der Waals surface area (Å²) in [7, 11) is -9.16. The van der Waals surface area contributed by atoms with Gasteiger partial charge in [-0.05, 0) is 58.7 Å². The van der Waals surface area contributed by atoms with E-state index in [1.165, 1.54) is 12.1 Å². The maximum Gasteiger partial charge on any atom is 1.00 e. The van der Waals surface area contributed by atoms with E-state index in [1.54, 1.807) is 41.5 Å². The first-order chi connectivity index (χ1) is 22.1. The van der Waals surface area contributed by atoms with E-state index in [2.05, 4.69) is 9.98 Å². The molecule has 0 aliphatic carbocycles. The van der Waals surface area contributed by atoms with Gasteiger partial charge in [-0.3, -0.25) is 19.1 Å². The molecule has 50 heavy (non-hydrogen) atoms. The van der Waals surface area contributed by atoms with Gasteiger partial charge in [-0.25, -0.2) is 0 Å². The summed E-state index contributed by atoms with van der Waals surface area (Å²) >= 11 is 0. The number of aryl methyl sites for hydroxylation is 2. The molecule has 0 fully saturated rings. The van der Waals surface area contributed by atoms with Crippen LogP contribution >= 0.6 is 0 Å². The number of hydrogen-bond acceptors (Lipinski definition) is 12. The Bertz CT molecular complexity index is 2130. The van der Waals surface area contributed by atoms with E-state index >= 15 is 0 Å². The molecule has 0 spiro atoms. The van der Waals surface area contributed by atoms with Crippen molar-refractivity contribution in [2.75, 3.05) is 11.8 Å². The van der Waals surface area contributed by atoms with Crippen LogP contribution in [-0.2, 0) is 20.2 Å². The SMILES string of the molecule is Cc1cc2c(C(C)C)c([O-])c(O)c(C=NCS(=O)(=O)O)c2c(O)c1-c1c(C)cc2c(C(C)C)c([O-])c(O)c(C=NCS(=O)(=O)O)c2c1O.[Na+].[Na+]. The molecule has 0 aliphatic heterocycles. The monoisotopic (exact) mass is 748 g/mol. The second kappa shape index (κ2) is 15.9. The zero-order valence-corrected chi connectivity index (χ0v) is 34.4. The van der Waals surface area contributed by atoms with E-state index in [4.69, 9.17) is 9.11 Å². The third-order valence-electron chi connectivity index (χ3n) is 7.87. The van der Waals surface area contributed by atoms with Crippen LogP contribution in [0.1, 0.15) is 72.9 Å². The predicted octanol–water partition coefficient (Wildman–Crippen LogP) is -1.97. The first kappa shape index (κ1) is 43.5. The number of aromatic hydroxyl groups is 4. The van der Waals surface area contributed by atoms with Crippen molar-refractivity contribution in [1.82, 2.24) is 0 Å². The van der Waals surface area contributed by atoms with E-state index in [0.717, 1.165) is 12.4 Å². The average molecular weight is 749 g/mol. The topological polar surface area (TPSA) is 260 Å². The van der Waals surface area contributed by atoms with Gasteiger partial charge in [-0.1, -0.05) is 51.3 Å².